The number of ether oxygens (including phenoxy) is 2. The molecule has 1 unspecified atom stereocenters. The van der Waals surface area contributed by atoms with E-state index in [9.17, 15) is 4.57 Å². The lowest BCUT2D eigenvalue weighted by Gasteiger charge is -2.29. The second kappa shape index (κ2) is 11.0. The van der Waals surface area contributed by atoms with Crippen LogP contribution >= 0.6 is 7.60 Å². The van der Waals surface area contributed by atoms with E-state index in [0.29, 0.717) is 32.8 Å². The van der Waals surface area contributed by atoms with E-state index in [1.807, 2.05) is 58.0 Å². The molecule has 0 saturated heterocycles. The number of benzene rings is 1. The van der Waals surface area contributed by atoms with Gasteiger partial charge in [-0.2, -0.15) is 0 Å². The minimum Gasteiger partial charge on any atom is -0.353 e. The lowest BCUT2D eigenvalue weighted by Crippen LogP contribution is -2.22. The summed E-state index contributed by atoms with van der Waals surface area (Å²) in [6, 6.07) is 9.63. The van der Waals surface area contributed by atoms with E-state index in [0.717, 1.165) is 5.56 Å². The molecule has 0 aliphatic rings. The summed E-state index contributed by atoms with van der Waals surface area (Å²) >= 11 is 0. The van der Waals surface area contributed by atoms with E-state index in [-0.39, 0.29) is 0 Å². The van der Waals surface area contributed by atoms with Gasteiger partial charge in [-0.05, 0) is 33.3 Å². The van der Waals surface area contributed by atoms with Gasteiger partial charge in [0.15, 0.2) is 6.29 Å². The average Bonchev–Trinajstić information content (AvgIpc) is 2.54. The minimum absolute atomic E-state index is 0.328. The molecular formula is C17H29O5P. The Balaban J connectivity index is 3.12. The highest BCUT2D eigenvalue weighted by molar-refractivity contribution is 7.54. The van der Waals surface area contributed by atoms with Crippen LogP contribution in [0.4, 0.5) is 0 Å². The minimum atomic E-state index is -3.31. The molecule has 5 nitrogen and oxygen atoms in total. The molecule has 1 aromatic carbocycles. The van der Waals surface area contributed by atoms with E-state index >= 15 is 0 Å². The van der Waals surface area contributed by atoms with Gasteiger partial charge in [-0.3, -0.25) is 4.57 Å². The lowest BCUT2D eigenvalue weighted by atomic mass is 10.1. The summed E-state index contributed by atoms with van der Waals surface area (Å²) in [5.74, 6) is 0. The molecule has 0 saturated carbocycles. The molecule has 23 heavy (non-hydrogen) atoms. The smallest absolute Gasteiger partial charge is 0.338 e. The maximum Gasteiger partial charge on any atom is 0.338 e. The van der Waals surface area contributed by atoms with Crippen molar-refractivity contribution in [2.45, 2.75) is 46.1 Å². The fourth-order valence-corrected chi connectivity index (χ4v) is 4.56. The molecule has 0 bridgehead atoms. The largest absolute Gasteiger partial charge is 0.353 e. The molecule has 0 aliphatic heterocycles. The predicted molar refractivity (Wildman–Crippen MR) is 91.7 cm³/mol. The van der Waals surface area contributed by atoms with Crippen molar-refractivity contribution in [2.24, 2.45) is 0 Å². The van der Waals surface area contributed by atoms with Gasteiger partial charge in [0, 0.05) is 19.6 Å². The van der Waals surface area contributed by atoms with E-state index in [1.54, 1.807) is 0 Å². The summed E-state index contributed by atoms with van der Waals surface area (Å²) in [5.41, 5.74) is 0.480. The molecular weight excluding hydrogens is 315 g/mol. The number of hydrogen-bond donors (Lipinski definition) is 0. The molecule has 0 radical (unpaired) electrons. The standard InChI is InChI=1S/C17H29O5P/c1-5-19-17(20-6-2)14-16(15-12-10-9-11-13-15)23(18,21-7-3)22-8-4/h9-13,16-17H,5-8,14H2,1-4H3. The SMILES string of the molecule is CCOC(CC(c1ccccc1)P(=O)(OCC)OCC)OCC. The molecule has 0 amide bonds. The van der Waals surface area contributed by atoms with Crippen molar-refractivity contribution < 1.29 is 23.1 Å². The van der Waals surface area contributed by atoms with Crippen molar-refractivity contribution >= 4 is 7.60 Å². The fourth-order valence-electron chi connectivity index (χ4n) is 2.44. The highest BCUT2D eigenvalue weighted by Gasteiger charge is 2.38. The first kappa shape index (κ1) is 20.3. The predicted octanol–water partition coefficient (Wildman–Crippen LogP) is 4.78. The van der Waals surface area contributed by atoms with Gasteiger partial charge in [0.1, 0.15) is 0 Å². The Bertz CT molecular complexity index is 449. The Morgan fingerprint density at radius 3 is 1.83 bits per heavy atom. The highest BCUT2D eigenvalue weighted by atomic mass is 31.2. The lowest BCUT2D eigenvalue weighted by molar-refractivity contribution is -0.140. The molecule has 6 heteroatoms. The molecule has 0 N–H and O–H groups in total. The molecule has 0 fully saturated rings. The number of rotatable bonds is 12. The topological polar surface area (TPSA) is 54.0 Å². The van der Waals surface area contributed by atoms with Gasteiger partial charge >= 0.3 is 7.60 Å². The Labute approximate surface area is 139 Å². The van der Waals surface area contributed by atoms with Crippen LogP contribution in [0.1, 0.15) is 45.3 Å². The third-order valence-corrected chi connectivity index (χ3v) is 5.81. The third-order valence-electron chi connectivity index (χ3n) is 3.30. The highest BCUT2D eigenvalue weighted by Crippen LogP contribution is 2.62. The zero-order valence-electron chi connectivity index (χ0n) is 14.6. The normalized spacial score (nSPS) is 13.4. The number of hydrogen-bond acceptors (Lipinski definition) is 5. The van der Waals surface area contributed by atoms with Crippen molar-refractivity contribution in [1.29, 1.82) is 0 Å². The van der Waals surface area contributed by atoms with Gasteiger partial charge in [0.05, 0.1) is 18.9 Å². The van der Waals surface area contributed by atoms with E-state index in [1.165, 1.54) is 0 Å². The Kier molecular flexibility index (Phi) is 9.68. The Hall–Kier alpha value is -0.710. The molecule has 1 atom stereocenters. The quantitative estimate of drug-likeness (QED) is 0.403. The van der Waals surface area contributed by atoms with E-state index in [2.05, 4.69) is 0 Å². The summed E-state index contributed by atoms with van der Waals surface area (Å²) in [4.78, 5) is 0. The molecule has 0 aromatic heterocycles. The maximum absolute atomic E-state index is 13.3. The first-order valence-corrected chi connectivity index (χ1v) is 9.89. The maximum atomic E-state index is 13.3. The fraction of sp³-hybridized carbons (Fsp3) is 0.647. The van der Waals surface area contributed by atoms with Crippen molar-refractivity contribution in [3.8, 4) is 0 Å². The Morgan fingerprint density at radius 2 is 1.39 bits per heavy atom. The van der Waals surface area contributed by atoms with Crippen LogP contribution in [0, 0.1) is 0 Å². The summed E-state index contributed by atoms with van der Waals surface area (Å²) in [7, 11) is -3.31. The van der Waals surface area contributed by atoms with Crippen molar-refractivity contribution in [3.63, 3.8) is 0 Å². The van der Waals surface area contributed by atoms with Crippen LogP contribution in [0.5, 0.6) is 0 Å². The van der Waals surface area contributed by atoms with Crippen LogP contribution in [0.2, 0.25) is 0 Å². The van der Waals surface area contributed by atoms with Crippen LogP contribution in [0.3, 0.4) is 0 Å². The molecule has 0 spiro atoms. The molecule has 1 aromatic rings. The van der Waals surface area contributed by atoms with Crippen molar-refractivity contribution in [3.05, 3.63) is 35.9 Å². The van der Waals surface area contributed by atoms with Crippen LogP contribution in [-0.4, -0.2) is 32.7 Å². The summed E-state index contributed by atoms with van der Waals surface area (Å²) in [5, 5.41) is 0. The zero-order valence-corrected chi connectivity index (χ0v) is 15.5. The average molecular weight is 344 g/mol. The van der Waals surface area contributed by atoms with Crippen LogP contribution < -0.4 is 0 Å². The van der Waals surface area contributed by atoms with Gasteiger partial charge in [-0.1, -0.05) is 30.3 Å². The van der Waals surface area contributed by atoms with Crippen LogP contribution in [-0.2, 0) is 23.1 Å². The van der Waals surface area contributed by atoms with Gasteiger partial charge in [0.2, 0.25) is 0 Å². The molecule has 0 heterocycles. The first-order chi connectivity index (χ1) is 11.1. The summed E-state index contributed by atoms with van der Waals surface area (Å²) in [6.45, 7) is 9.16. The Morgan fingerprint density at radius 1 is 0.870 bits per heavy atom. The third kappa shape index (κ3) is 6.36. The second-order valence-corrected chi connectivity index (χ2v) is 7.10. The van der Waals surface area contributed by atoms with Gasteiger partial charge in [-0.15, -0.1) is 0 Å². The monoisotopic (exact) mass is 344 g/mol. The van der Waals surface area contributed by atoms with Crippen molar-refractivity contribution in [2.75, 3.05) is 26.4 Å². The van der Waals surface area contributed by atoms with Crippen LogP contribution in [0.25, 0.3) is 0 Å². The zero-order chi connectivity index (χ0) is 17.1. The second-order valence-electron chi connectivity index (χ2n) is 4.88. The van der Waals surface area contributed by atoms with Gasteiger partial charge < -0.3 is 18.5 Å². The summed E-state index contributed by atoms with van der Waals surface area (Å²) < 4.78 is 35.7. The van der Waals surface area contributed by atoms with Crippen LogP contribution in [0.15, 0.2) is 30.3 Å². The summed E-state index contributed by atoms with van der Waals surface area (Å²) in [6.07, 6.45) is -0.0207. The first-order valence-electron chi connectivity index (χ1n) is 8.28. The van der Waals surface area contributed by atoms with E-state index in [4.69, 9.17) is 18.5 Å². The van der Waals surface area contributed by atoms with Gasteiger partial charge in [-0.25, -0.2) is 0 Å². The molecule has 1 rings (SSSR count). The molecule has 0 aliphatic carbocycles. The van der Waals surface area contributed by atoms with E-state index < -0.39 is 19.5 Å². The van der Waals surface area contributed by atoms with Crippen molar-refractivity contribution in [1.82, 2.24) is 0 Å². The van der Waals surface area contributed by atoms with Gasteiger partial charge in [0.25, 0.3) is 0 Å². The molecule has 132 valence electrons.